The molecule has 2 aromatic rings. The summed E-state index contributed by atoms with van der Waals surface area (Å²) in [4.78, 5) is 1.09. The molecular weight excluding hydrogens is 292 g/mol. The molecule has 0 saturated carbocycles. The van der Waals surface area contributed by atoms with Gasteiger partial charge >= 0.3 is 0 Å². The highest BCUT2D eigenvalue weighted by Gasteiger charge is 2.04. The first-order valence-corrected chi connectivity index (χ1v) is 7.51. The van der Waals surface area contributed by atoms with E-state index >= 15 is 0 Å². The Balaban J connectivity index is 2.02. The molecule has 0 aliphatic rings. The van der Waals surface area contributed by atoms with Gasteiger partial charge in [0.25, 0.3) is 0 Å². The molecule has 0 radical (unpaired) electrons. The van der Waals surface area contributed by atoms with Crippen molar-refractivity contribution in [2.24, 2.45) is 0 Å². The molecule has 20 heavy (non-hydrogen) atoms. The van der Waals surface area contributed by atoms with Crippen molar-refractivity contribution in [1.82, 2.24) is 0 Å². The molecule has 0 atom stereocenters. The van der Waals surface area contributed by atoms with Gasteiger partial charge in [0, 0.05) is 17.0 Å². The van der Waals surface area contributed by atoms with Gasteiger partial charge in [0.1, 0.15) is 12.4 Å². The number of aliphatic hydroxyl groups excluding tert-OH is 1. The van der Waals surface area contributed by atoms with Crippen molar-refractivity contribution in [1.29, 1.82) is 0 Å². The van der Waals surface area contributed by atoms with Gasteiger partial charge in [-0.2, -0.15) is 0 Å². The molecule has 0 unspecified atom stereocenters. The van der Waals surface area contributed by atoms with E-state index in [1.54, 1.807) is 11.3 Å². The van der Waals surface area contributed by atoms with Crippen molar-refractivity contribution in [2.45, 2.75) is 20.0 Å². The summed E-state index contributed by atoms with van der Waals surface area (Å²) in [5, 5.41) is 11.5. The Bertz CT molecular complexity index is 637. The van der Waals surface area contributed by atoms with Crippen LogP contribution in [0.5, 0.6) is 5.75 Å². The molecule has 0 bridgehead atoms. The fraction of sp³-hybridized carbons (Fsp3) is 0.250. The summed E-state index contributed by atoms with van der Waals surface area (Å²) in [6.07, 6.45) is 0.493. The first kappa shape index (κ1) is 14.9. The maximum atomic E-state index is 8.73. The third-order valence-corrected chi connectivity index (χ3v) is 4.02. The predicted octanol–water partition coefficient (Wildman–Crippen LogP) is 4.02. The van der Waals surface area contributed by atoms with Crippen LogP contribution in [0.1, 0.15) is 22.4 Å². The number of aryl methyl sites for hydroxylation is 1. The number of hydrogen-bond acceptors (Lipinski definition) is 3. The minimum atomic E-state index is 0.0903. The Labute approximate surface area is 128 Å². The molecule has 104 valence electrons. The lowest BCUT2D eigenvalue weighted by Crippen LogP contribution is -1.95. The summed E-state index contributed by atoms with van der Waals surface area (Å²) in [5.74, 6) is 6.78. The van der Waals surface area contributed by atoms with Gasteiger partial charge in [-0.3, -0.25) is 0 Å². The summed E-state index contributed by atoms with van der Waals surface area (Å²) in [5.41, 5.74) is 1.97. The second-order valence-corrected chi connectivity index (χ2v) is 5.64. The van der Waals surface area contributed by atoms with Gasteiger partial charge in [0.05, 0.1) is 11.5 Å². The Hall–Kier alpha value is -1.47. The molecule has 1 aromatic heterocycles. The molecule has 0 spiro atoms. The zero-order valence-corrected chi connectivity index (χ0v) is 12.7. The van der Waals surface area contributed by atoms with Crippen LogP contribution in [0.3, 0.4) is 0 Å². The predicted molar refractivity (Wildman–Crippen MR) is 83.4 cm³/mol. The van der Waals surface area contributed by atoms with Crippen LogP contribution in [0.25, 0.3) is 0 Å². The SMILES string of the molecule is Cc1cc(OCc2sccc2C#CCCO)ccc1Cl. The molecule has 0 aliphatic carbocycles. The topological polar surface area (TPSA) is 29.5 Å². The first-order chi connectivity index (χ1) is 9.70. The minimum absolute atomic E-state index is 0.0903. The number of thiophene rings is 1. The van der Waals surface area contributed by atoms with E-state index in [0.717, 1.165) is 26.8 Å². The zero-order valence-electron chi connectivity index (χ0n) is 11.1. The summed E-state index contributed by atoms with van der Waals surface area (Å²) in [6, 6.07) is 7.59. The van der Waals surface area contributed by atoms with E-state index in [2.05, 4.69) is 11.8 Å². The average Bonchev–Trinajstić information content (AvgIpc) is 2.88. The van der Waals surface area contributed by atoms with Crippen molar-refractivity contribution in [2.75, 3.05) is 6.61 Å². The third kappa shape index (κ3) is 4.01. The van der Waals surface area contributed by atoms with Crippen LogP contribution >= 0.6 is 22.9 Å². The summed E-state index contributed by atoms with van der Waals surface area (Å²) >= 11 is 7.60. The Morgan fingerprint density at radius 1 is 1.35 bits per heavy atom. The van der Waals surface area contributed by atoms with Crippen LogP contribution in [0.15, 0.2) is 29.6 Å². The van der Waals surface area contributed by atoms with Crippen molar-refractivity contribution in [3.63, 3.8) is 0 Å². The van der Waals surface area contributed by atoms with Crippen LogP contribution in [-0.4, -0.2) is 11.7 Å². The molecule has 1 heterocycles. The van der Waals surface area contributed by atoms with Crippen LogP contribution < -0.4 is 4.74 Å². The van der Waals surface area contributed by atoms with Crippen molar-refractivity contribution in [3.8, 4) is 17.6 Å². The molecule has 1 N–H and O–H groups in total. The summed E-state index contributed by atoms with van der Waals surface area (Å²) in [6.45, 7) is 2.53. The maximum absolute atomic E-state index is 8.73. The third-order valence-electron chi connectivity index (χ3n) is 2.70. The van der Waals surface area contributed by atoms with E-state index < -0.39 is 0 Å². The molecular formula is C16H15ClO2S. The Morgan fingerprint density at radius 3 is 2.95 bits per heavy atom. The fourth-order valence-electron chi connectivity index (χ4n) is 1.63. The average molecular weight is 307 g/mol. The van der Waals surface area contributed by atoms with E-state index in [1.807, 2.05) is 36.6 Å². The van der Waals surface area contributed by atoms with Gasteiger partial charge in [0.2, 0.25) is 0 Å². The van der Waals surface area contributed by atoms with Gasteiger partial charge in [-0.15, -0.1) is 11.3 Å². The van der Waals surface area contributed by atoms with E-state index in [-0.39, 0.29) is 6.61 Å². The maximum Gasteiger partial charge on any atom is 0.124 e. The molecule has 2 nitrogen and oxygen atoms in total. The van der Waals surface area contributed by atoms with Crippen LogP contribution in [0.4, 0.5) is 0 Å². The minimum Gasteiger partial charge on any atom is -0.488 e. The van der Waals surface area contributed by atoms with E-state index in [1.165, 1.54) is 0 Å². The summed E-state index contributed by atoms with van der Waals surface area (Å²) in [7, 11) is 0. The molecule has 1 aromatic carbocycles. The number of aliphatic hydroxyl groups is 1. The van der Waals surface area contributed by atoms with Gasteiger partial charge in [-0.1, -0.05) is 23.4 Å². The van der Waals surface area contributed by atoms with Crippen molar-refractivity contribution >= 4 is 22.9 Å². The second-order valence-electron chi connectivity index (χ2n) is 4.23. The first-order valence-electron chi connectivity index (χ1n) is 6.25. The van der Waals surface area contributed by atoms with Gasteiger partial charge in [-0.25, -0.2) is 0 Å². The Kier molecular flexibility index (Phi) is 5.49. The molecule has 2 rings (SSSR count). The largest absolute Gasteiger partial charge is 0.488 e. The molecule has 0 fully saturated rings. The lowest BCUT2D eigenvalue weighted by atomic mass is 10.2. The second kappa shape index (κ2) is 7.35. The Morgan fingerprint density at radius 2 is 2.20 bits per heavy atom. The summed E-state index contributed by atoms with van der Waals surface area (Å²) < 4.78 is 5.77. The standard InChI is InChI=1S/C16H15ClO2S/c1-12-10-14(5-6-15(12)17)19-11-16-13(7-9-20-16)4-2-3-8-18/h5-7,9-10,18H,3,8,11H2,1H3. The number of rotatable bonds is 4. The quantitative estimate of drug-likeness (QED) is 0.864. The van der Waals surface area contributed by atoms with Crippen molar-refractivity contribution in [3.05, 3.63) is 50.7 Å². The molecule has 4 heteroatoms. The molecule has 0 aliphatic heterocycles. The number of hydrogen-bond donors (Lipinski definition) is 1. The van der Waals surface area contributed by atoms with Gasteiger partial charge < -0.3 is 9.84 Å². The van der Waals surface area contributed by atoms with Crippen LogP contribution in [-0.2, 0) is 6.61 Å². The fourth-order valence-corrected chi connectivity index (χ4v) is 2.49. The highest BCUT2D eigenvalue weighted by Crippen LogP contribution is 2.23. The van der Waals surface area contributed by atoms with E-state index in [9.17, 15) is 0 Å². The van der Waals surface area contributed by atoms with Gasteiger partial charge in [-0.05, 0) is 42.1 Å². The number of benzene rings is 1. The number of ether oxygens (including phenoxy) is 1. The molecule has 0 amide bonds. The zero-order chi connectivity index (χ0) is 14.4. The van der Waals surface area contributed by atoms with Crippen LogP contribution in [0.2, 0.25) is 5.02 Å². The lowest BCUT2D eigenvalue weighted by molar-refractivity contribution is 0.305. The smallest absolute Gasteiger partial charge is 0.124 e. The highest BCUT2D eigenvalue weighted by molar-refractivity contribution is 7.10. The molecule has 0 saturated heterocycles. The van der Waals surface area contributed by atoms with E-state index in [0.29, 0.717) is 13.0 Å². The van der Waals surface area contributed by atoms with E-state index in [4.69, 9.17) is 21.4 Å². The number of halogens is 1. The van der Waals surface area contributed by atoms with Crippen molar-refractivity contribution < 1.29 is 9.84 Å². The monoisotopic (exact) mass is 306 g/mol. The normalized spacial score (nSPS) is 9.95. The van der Waals surface area contributed by atoms with Crippen LogP contribution in [0, 0.1) is 18.8 Å². The highest BCUT2D eigenvalue weighted by atomic mass is 35.5. The lowest BCUT2D eigenvalue weighted by Gasteiger charge is -2.07. The van der Waals surface area contributed by atoms with Gasteiger partial charge in [0.15, 0.2) is 0 Å².